The Morgan fingerprint density at radius 3 is 2.79 bits per heavy atom. The number of carbonyl (C=O) groups excluding carboxylic acids is 1. The van der Waals surface area contributed by atoms with Crippen molar-refractivity contribution in [2.45, 2.75) is 52.1 Å². The van der Waals surface area contributed by atoms with E-state index < -0.39 is 0 Å². The normalized spacial score (nSPS) is 31.1. The van der Waals surface area contributed by atoms with Crippen molar-refractivity contribution in [3.8, 4) is 0 Å². The second-order valence-electron chi connectivity index (χ2n) is 5.20. The van der Waals surface area contributed by atoms with Crippen LogP contribution < -0.4 is 0 Å². The fraction of sp³-hybridized carbons (Fsp3) is 0.750. The van der Waals surface area contributed by atoms with Gasteiger partial charge in [-0.15, -0.1) is 0 Å². The molecule has 0 spiro atoms. The van der Waals surface area contributed by atoms with Crippen molar-refractivity contribution in [2.75, 3.05) is 0 Å². The molecule has 2 nitrogen and oxygen atoms in total. The summed E-state index contributed by atoms with van der Waals surface area (Å²) < 4.78 is 5.88. The molecule has 0 saturated carbocycles. The van der Waals surface area contributed by atoms with Crippen LogP contribution >= 0.6 is 0 Å². The third-order valence-electron chi connectivity index (χ3n) is 3.12. The van der Waals surface area contributed by atoms with E-state index in [1.54, 1.807) is 0 Å². The molecule has 14 heavy (non-hydrogen) atoms. The molecule has 1 unspecified atom stereocenters. The SMILES string of the molecule is CC1CC(=O)C2=C(C1)OC(C)(C)CC2. The molecule has 0 N–H and O–H groups in total. The molecule has 0 fully saturated rings. The van der Waals surface area contributed by atoms with Crippen LogP contribution in [-0.2, 0) is 9.53 Å². The van der Waals surface area contributed by atoms with Gasteiger partial charge < -0.3 is 4.74 Å². The minimum absolute atomic E-state index is 0.0732. The zero-order chi connectivity index (χ0) is 10.3. The average Bonchev–Trinajstić information content (AvgIpc) is 2.00. The highest BCUT2D eigenvalue weighted by atomic mass is 16.5. The van der Waals surface area contributed by atoms with E-state index in [0.717, 1.165) is 30.6 Å². The highest BCUT2D eigenvalue weighted by Crippen LogP contribution is 2.38. The summed E-state index contributed by atoms with van der Waals surface area (Å²) in [4.78, 5) is 11.7. The summed E-state index contributed by atoms with van der Waals surface area (Å²) in [7, 11) is 0. The van der Waals surface area contributed by atoms with Gasteiger partial charge in [0.05, 0.1) is 0 Å². The van der Waals surface area contributed by atoms with Gasteiger partial charge in [0.25, 0.3) is 0 Å². The molecule has 0 aromatic rings. The molecule has 1 heterocycles. The fourth-order valence-corrected chi connectivity index (χ4v) is 2.30. The lowest BCUT2D eigenvalue weighted by Crippen LogP contribution is -2.33. The van der Waals surface area contributed by atoms with E-state index in [1.165, 1.54) is 0 Å². The highest BCUT2D eigenvalue weighted by molar-refractivity contribution is 5.96. The first kappa shape index (κ1) is 9.75. The summed E-state index contributed by atoms with van der Waals surface area (Å²) in [6.45, 7) is 6.31. The molecule has 1 aliphatic heterocycles. The lowest BCUT2D eigenvalue weighted by Gasteiger charge is -2.37. The van der Waals surface area contributed by atoms with Crippen LogP contribution in [0.25, 0.3) is 0 Å². The zero-order valence-corrected chi connectivity index (χ0v) is 9.22. The van der Waals surface area contributed by atoms with Gasteiger partial charge in [-0.3, -0.25) is 4.79 Å². The molecule has 2 heteroatoms. The Hall–Kier alpha value is -0.790. The molecule has 2 aliphatic rings. The van der Waals surface area contributed by atoms with Gasteiger partial charge in [-0.25, -0.2) is 0 Å². The lowest BCUT2D eigenvalue weighted by molar-refractivity contribution is -0.119. The van der Waals surface area contributed by atoms with Crippen molar-refractivity contribution in [3.05, 3.63) is 11.3 Å². The van der Waals surface area contributed by atoms with E-state index >= 15 is 0 Å². The maximum Gasteiger partial charge on any atom is 0.162 e. The number of carbonyl (C=O) groups is 1. The average molecular weight is 194 g/mol. The number of rotatable bonds is 0. The first-order chi connectivity index (χ1) is 6.48. The standard InChI is InChI=1S/C12H18O2/c1-8-6-10(13)9-4-5-12(2,3)14-11(9)7-8/h8H,4-7H2,1-3H3. The monoisotopic (exact) mass is 194 g/mol. The molecule has 0 amide bonds. The molecule has 0 aromatic heterocycles. The number of allylic oxidation sites excluding steroid dienone is 2. The minimum Gasteiger partial charge on any atom is -0.492 e. The topological polar surface area (TPSA) is 26.3 Å². The number of ketones is 1. The maximum atomic E-state index is 11.7. The van der Waals surface area contributed by atoms with Crippen molar-refractivity contribution < 1.29 is 9.53 Å². The van der Waals surface area contributed by atoms with Crippen LogP contribution in [0.5, 0.6) is 0 Å². The number of ether oxygens (including phenoxy) is 1. The second-order valence-corrected chi connectivity index (χ2v) is 5.20. The summed E-state index contributed by atoms with van der Waals surface area (Å²) in [5, 5.41) is 0. The highest BCUT2D eigenvalue weighted by Gasteiger charge is 2.34. The first-order valence-electron chi connectivity index (χ1n) is 5.42. The van der Waals surface area contributed by atoms with Crippen LogP contribution in [0.1, 0.15) is 46.5 Å². The van der Waals surface area contributed by atoms with Gasteiger partial charge in [-0.05, 0) is 32.6 Å². The Morgan fingerprint density at radius 1 is 1.36 bits per heavy atom. The van der Waals surface area contributed by atoms with Crippen LogP contribution in [0.4, 0.5) is 0 Å². The summed E-state index contributed by atoms with van der Waals surface area (Å²) >= 11 is 0. The van der Waals surface area contributed by atoms with Gasteiger partial charge in [0.1, 0.15) is 11.4 Å². The largest absolute Gasteiger partial charge is 0.492 e. The van der Waals surface area contributed by atoms with Gasteiger partial charge in [0, 0.05) is 18.4 Å². The Labute approximate surface area is 85.3 Å². The van der Waals surface area contributed by atoms with Gasteiger partial charge in [0.2, 0.25) is 0 Å². The summed E-state index contributed by atoms with van der Waals surface area (Å²) in [6.07, 6.45) is 3.53. The number of Topliss-reactive ketones (excluding diaryl/α,β-unsaturated/α-hetero) is 1. The minimum atomic E-state index is -0.0732. The Bertz CT molecular complexity index is 299. The number of hydrogen-bond donors (Lipinski definition) is 0. The van der Waals surface area contributed by atoms with E-state index in [-0.39, 0.29) is 5.60 Å². The van der Waals surface area contributed by atoms with Crippen LogP contribution in [0.15, 0.2) is 11.3 Å². The molecule has 2 rings (SSSR count). The lowest BCUT2D eigenvalue weighted by atomic mass is 9.82. The third kappa shape index (κ3) is 1.70. The van der Waals surface area contributed by atoms with Gasteiger partial charge in [-0.1, -0.05) is 6.92 Å². The number of hydrogen-bond acceptors (Lipinski definition) is 2. The van der Waals surface area contributed by atoms with E-state index in [4.69, 9.17) is 4.74 Å². The molecular weight excluding hydrogens is 176 g/mol. The zero-order valence-electron chi connectivity index (χ0n) is 9.22. The molecule has 1 aliphatic carbocycles. The van der Waals surface area contributed by atoms with Gasteiger partial charge >= 0.3 is 0 Å². The van der Waals surface area contributed by atoms with E-state index in [1.807, 2.05) is 0 Å². The molecule has 1 atom stereocenters. The smallest absolute Gasteiger partial charge is 0.162 e. The van der Waals surface area contributed by atoms with E-state index in [0.29, 0.717) is 18.1 Å². The van der Waals surface area contributed by atoms with Crippen LogP contribution in [0.3, 0.4) is 0 Å². The van der Waals surface area contributed by atoms with Crippen molar-refractivity contribution in [2.24, 2.45) is 5.92 Å². The van der Waals surface area contributed by atoms with Crippen LogP contribution in [-0.4, -0.2) is 11.4 Å². The van der Waals surface area contributed by atoms with Gasteiger partial charge in [0.15, 0.2) is 5.78 Å². The molecule has 0 radical (unpaired) electrons. The summed E-state index contributed by atoms with van der Waals surface area (Å²) in [5.74, 6) is 1.74. The Morgan fingerprint density at radius 2 is 2.07 bits per heavy atom. The van der Waals surface area contributed by atoms with Gasteiger partial charge in [-0.2, -0.15) is 0 Å². The molecule has 78 valence electrons. The van der Waals surface area contributed by atoms with Crippen molar-refractivity contribution in [1.82, 2.24) is 0 Å². The molecule has 0 aromatic carbocycles. The fourth-order valence-electron chi connectivity index (χ4n) is 2.30. The second kappa shape index (κ2) is 3.11. The summed E-state index contributed by atoms with van der Waals surface area (Å²) in [5.41, 5.74) is 0.901. The molecule has 0 bridgehead atoms. The van der Waals surface area contributed by atoms with Crippen molar-refractivity contribution in [3.63, 3.8) is 0 Å². The first-order valence-corrected chi connectivity index (χ1v) is 5.42. The molecular formula is C12H18O2. The predicted octanol–water partition coefficient (Wildman–Crippen LogP) is 2.83. The Kier molecular flexibility index (Phi) is 2.17. The predicted molar refractivity (Wildman–Crippen MR) is 54.8 cm³/mol. The molecule has 0 saturated heterocycles. The quantitative estimate of drug-likeness (QED) is 0.592. The van der Waals surface area contributed by atoms with E-state index in [2.05, 4.69) is 20.8 Å². The maximum absolute atomic E-state index is 11.7. The third-order valence-corrected chi connectivity index (χ3v) is 3.12. The Balaban J connectivity index is 2.27. The van der Waals surface area contributed by atoms with Crippen LogP contribution in [0.2, 0.25) is 0 Å². The van der Waals surface area contributed by atoms with Crippen LogP contribution in [0, 0.1) is 5.92 Å². The van der Waals surface area contributed by atoms with Crippen molar-refractivity contribution >= 4 is 5.78 Å². The van der Waals surface area contributed by atoms with Crippen molar-refractivity contribution in [1.29, 1.82) is 0 Å². The van der Waals surface area contributed by atoms with E-state index in [9.17, 15) is 4.79 Å². The summed E-state index contributed by atoms with van der Waals surface area (Å²) in [6, 6.07) is 0.